The van der Waals surface area contributed by atoms with E-state index in [1.165, 1.54) is 18.2 Å². The molecule has 0 amide bonds. The molecule has 19 heavy (non-hydrogen) atoms. The van der Waals surface area contributed by atoms with Crippen LogP contribution >= 0.6 is 0 Å². The Balaban J connectivity index is 2.28. The molecule has 2 aromatic rings. The molecule has 0 unspecified atom stereocenters. The summed E-state index contributed by atoms with van der Waals surface area (Å²) >= 11 is 0. The Kier molecular flexibility index (Phi) is 3.59. The molecule has 0 saturated carbocycles. The van der Waals surface area contributed by atoms with Gasteiger partial charge in [-0.05, 0) is 31.2 Å². The van der Waals surface area contributed by atoms with Gasteiger partial charge in [-0.25, -0.2) is 0 Å². The summed E-state index contributed by atoms with van der Waals surface area (Å²) in [7, 11) is 0. The Bertz CT molecular complexity index is 570. The number of aromatic nitrogens is 1. The molecule has 6 heteroatoms. The van der Waals surface area contributed by atoms with E-state index in [0.29, 0.717) is 11.4 Å². The van der Waals surface area contributed by atoms with Crippen molar-refractivity contribution in [1.29, 1.82) is 0 Å². The molecule has 0 atom stereocenters. The number of alkyl halides is 3. The zero-order valence-corrected chi connectivity index (χ0v) is 9.94. The maximum Gasteiger partial charge on any atom is 0.573 e. The van der Waals surface area contributed by atoms with Gasteiger partial charge in [-0.2, -0.15) is 0 Å². The van der Waals surface area contributed by atoms with Crippen molar-refractivity contribution in [2.24, 2.45) is 0 Å². The van der Waals surface area contributed by atoms with Crippen LogP contribution in [0, 0.1) is 6.92 Å². The van der Waals surface area contributed by atoms with Gasteiger partial charge < -0.3 is 9.47 Å². The third kappa shape index (κ3) is 3.61. The van der Waals surface area contributed by atoms with Crippen LogP contribution in [0.2, 0.25) is 0 Å². The number of benzene rings is 1. The van der Waals surface area contributed by atoms with E-state index in [0.717, 1.165) is 0 Å². The molecule has 0 aliphatic carbocycles. The fourth-order valence-corrected chi connectivity index (χ4v) is 1.44. The van der Waals surface area contributed by atoms with Gasteiger partial charge in [-0.3, -0.25) is 4.98 Å². The van der Waals surface area contributed by atoms with Gasteiger partial charge in [0.2, 0.25) is 0 Å². The highest BCUT2D eigenvalue weighted by Crippen LogP contribution is 2.35. The van der Waals surface area contributed by atoms with Crippen molar-refractivity contribution in [1.82, 2.24) is 4.98 Å². The Morgan fingerprint density at radius 2 is 1.58 bits per heavy atom. The van der Waals surface area contributed by atoms with Crippen LogP contribution in [0.3, 0.4) is 0 Å². The second-order valence-electron chi connectivity index (χ2n) is 3.68. The zero-order chi connectivity index (χ0) is 13.9. The van der Waals surface area contributed by atoms with Crippen molar-refractivity contribution >= 4 is 0 Å². The first-order chi connectivity index (χ1) is 8.96. The predicted molar refractivity (Wildman–Crippen MR) is 62.2 cm³/mol. The standard InChI is InChI=1S/C13H10F3NO2/c1-9-10(7-4-8-17-9)18-11-5-2-3-6-12(11)19-13(14,15)16/h2-8H,1H3. The van der Waals surface area contributed by atoms with Crippen LogP contribution in [0.15, 0.2) is 42.6 Å². The molecule has 3 nitrogen and oxygen atoms in total. The third-order valence-electron chi connectivity index (χ3n) is 2.25. The normalized spacial score (nSPS) is 11.2. The summed E-state index contributed by atoms with van der Waals surface area (Å²) in [6.07, 6.45) is -3.19. The molecule has 1 aromatic heterocycles. The molecule has 1 aromatic carbocycles. The number of rotatable bonds is 3. The van der Waals surface area contributed by atoms with Gasteiger partial charge in [0, 0.05) is 6.20 Å². The lowest BCUT2D eigenvalue weighted by Crippen LogP contribution is -2.17. The number of para-hydroxylation sites is 2. The van der Waals surface area contributed by atoms with Crippen molar-refractivity contribution < 1.29 is 22.6 Å². The van der Waals surface area contributed by atoms with E-state index in [1.807, 2.05) is 0 Å². The maximum absolute atomic E-state index is 12.2. The summed E-state index contributed by atoms with van der Waals surface area (Å²) in [5.41, 5.74) is 0.573. The predicted octanol–water partition coefficient (Wildman–Crippen LogP) is 4.08. The van der Waals surface area contributed by atoms with Gasteiger partial charge in [0.05, 0.1) is 5.69 Å². The lowest BCUT2D eigenvalue weighted by molar-refractivity contribution is -0.275. The molecular weight excluding hydrogens is 259 g/mol. The number of nitrogens with zero attached hydrogens (tertiary/aromatic N) is 1. The molecular formula is C13H10F3NO2. The second-order valence-corrected chi connectivity index (χ2v) is 3.68. The summed E-state index contributed by atoms with van der Waals surface area (Å²) in [5, 5.41) is 0. The van der Waals surface area contributed by atoms with Gasteiger partial charge in [-0.1, -0.05) is 12.1 Å². The maximum atomic E-state index is 12.2. The molecule has 0 fully saturated rings. The Morgan fingerprint density at radius 3 is 2.21 bits per heavy atom. The van der Waals surface area contributed by atoms with E-state index in [9.17, 15) is 13.2 Å². The molecule has 1 heterocycles. The molecule has 0 saturated heterocycles. The number of pyridine rings is 1. The van der Waals surface area contributed by atoms with Crippen LogP contribution < -0.4 is 9.47 Å². The lowest BCUT2D eigenvalue weighted by atomic mass is 10.3. The lowest BCUT2D eigenvalue weighted by Gasteiger charge is -2.14. The number of halogens is 3. The van der Waals surface area contributed by atoms with Gasteiger partial charge >= 0.3 is 6.36 Å². The molecule has 0 radical (unpaired) electrons. The first kappa shape index (κ1) is 13.2. The van der Waals surface area contributed by atoms with Crippen LogP contribution in [-0.2, 0) is 0 Å². The van der Waals surface area contributed by atoms with Crippen LogP contribution in [-0.4, -0.2) is 11.3 Å². The summed E-state index contributed by atoms with van der Waals surface area (Å²) in [5.74, 6) is -0.0325. The highest BCUT2D eigenvalue weighted by Gasteiger charge is 2.32. The fraction of sp³-hybridized carbons (Fsp3) is 0.154. The van der Waals surface area contributed by atoms with Crippen molar-refractivity contribution in [2.45, 2.75) is 13.3 Å². The second kappa shape index (κ2) is 5.17. The minimum Gasteiger partial charge on any atom is -0.452 e. The summed E-state index contributed by atoms with van der Waals surface area (Å²) < 4.78 is 46.0. The molecule has 0 aliphatic heterocycles. The van der Waals surface area contributed by atoms with Crippen molar-refractivity contribution in [3.63, 3.8) is 0 Å². The first-order valence-corrected chi connectivity index (χ1v) is 5.40. The fourth-order valence-electron chi connectivity index (χ4n) is 1.44. The van der Waals surface area contributed by atoms with E-state index < -0.39 is 12.1 Å². The van der Waals surface area contributed by atoms with E-state index in [2.05, 4.69) is 9.72 Å². The minimum absolute atomic E-state index is 0.0177. The Hall–Kier alpha value is -2.24. The van der Waals surface area contributed by atoms with Crippen LogP contribution in [0.5, 0.6) is 17.2 Å². The van der Waals surface area contributed by atoms with Gasteiger partial charge in [-0.15, -0.1) is 13.2 Å². The third-order valence-corrected chi connectivity index (χ3v) is 2.25. The summed E-state index contributed by atoms with van der Waals surface area (Å²) in [6.45, 7) is 1.70. The van der Waals surface area contributed by atoms with Crippen molar-refractivity contribution in [3.05, 3.63) is 48.3 Å². The van der Waals surface area contributed by atoms with Crippen molar-refractivity contribution in [3.8, 4) is 17.2 Å². The van der Waals surface area contributed by atoms with E-state index in [-0.39, 0.29) is 5.75 Å². The largest absolute Gasteiger partial charge is 0.573 e. The van der Waals surface area contributed by atoms with Crippen LogP contribution in [0.1, 0.15) is 5.69 Å². The zero-order valence-electron chi connectivity index (χ0n) is 9.94. The highest BCUT2D eigenvalue weighted by molar-refractivity contribution is 5.43. The molecule has 2 rings (SSSR count). The van der Waals surface area contributed by atoms with Crippen LogP contribution in [0.4, 0.5) is 13.2 Å². The Morgan fingerprint density at radius 1 is 0.947 bits per heavy atom. The summed E-state index contributed by atoms with van der Waals surface area (Å²) in [4.78, 5) is 3.99. The number of aryl methyl sites for hydroxylation is 1. The average molecular weight is 269 g/mol. The molecule has 0 aliphatic rings. The highest BCUT2D eigenvalue weighted by atomic mass is 19.4. The number of hydrogen-bond donors (Lipinski definition) is 0. The average Bonchev–Trinajstić information content (AvgIpc) is 2.33. The quantitative estimate of drug-likeness (QED) is 0.841. The summed E-state index contributed by atoms with van der Waals surface area (Å²) in [6, 6.07) is 8.83. The molecule has 0 spiro atoms. The van der Waals surface area contributed by atoms with Gasteiger partial charge in [0.1, 0.15) is 5.75 Å². The topological polar surface area (TPSA) is 31.4 Å². The number of hydrogen-bond acceptors (Lipinski definition) is 3. The van der Waals surface area contributed by atoms with E-state index in [1.54, 1.807) is 31.3 Å². The minimum atomic E-state index is -4.76. The van der Waals surface area contributed by atoms with E-state index >= 15 is 0 Å². The molecule has 0 N–H and O–H groups in total. The van der Waals surface area contributed by atoms with Crippen molar-refractivity contribution in [2.75, 3.05) is 0 Å². The number of ether oxygens (including phenoxy) is 2. The Labute approximate surface area is 107 Å². The SMILES string of the molecule is Cc1ncccc1Oc1ccccc1OC(F)(F)F. The molecule has 100 valence electrons. The van der Waals surface area contributed by atoms with Gasteiger partial charge in [0.25, 0.3) is 0 Å². The molecule has 0 bridgehead atoms. The monoisotopic (exact) mass is 269 g/mol. The van der Waals surface area contributed by atoms with Gasteiger partial charge in [0.15, 0.2) is 11.5 Å². The first-order valence-electron chi connectivity index (χ1n) is 5.40. The smallest absolute Gasteiger partial charge is 0.452 e. The van der Waals surface area contributed by atoms with E-state index in [4.69, 9.17) is 4.74 Å². The van der Waals surface area contributed by atoms with Crippen LogP contribution in [0.25, 0.3) is 0 Å².